The van der Waals surface area contributed by atoms with Crippen molar-refractivity contribution >= 4 is 21.2 Å². The van der Waals surface area contributed by atoms with E-state index in [1.165, 1.54) is 18.2 Å². The molecule has 1 saturated carbocycles. The second-order valence-corrected chi connectivity index (χ2v) is 8.26. The number of benzene rings is 2. The summed E-state index contributed by atoms with van der Waals surface area (Å²) in [6, 6.07) is 7.19. The van der Waals surface area contributed by atoms with Gasteiger partial charge in [-0.2, -0.15) is 0 Å². The van der Waals surface area contributed by atoms with Gasteiger partial charge >= 0.3 is 0 Å². The molecular formula is C17H16F2N2O4S. The molecule has 1 aliphatic carbocycles. The van der Waals surface area contributed by atoms with E-state index in [2.05, 4.69) is 0 Å². The first-order chi connectivity index (χ1) is 12.2. The molecule has 0 amide bonds. The Morgan fingerprint density at radius 3 is 2.42 bits per heavy atom. The third-order valence-corrected chi connectivity index (χ3v) is 5.34. The molecule has 0 aliphatic heterocycles. The van der Waals surface area contributed by atoms with E-state index in [1.54, 1.807) is 4.90 Å². The standard InChI is InChI=1S/C17H16F2N2O4S/c1-26(24,25)17-9-14(6-7-16(17)21(22)23)20(13-4-5-13)10-11-2-3-12(18)8-15(11)19/h2-3,6-9,13H,4-5,10H2,1H3. The third kappa shape index (κ3) is 3.82. The summed E-state index contributed by atoms with van der Waals surface area (Å²) in [7, 11) is -3.82. The largest absolute Gasteiger partial charge is 0.364 e. The van der Waals surface area contributed by atoms with Crippen molar-refractivity contribution in [3.63, 3.8) is 0 Å². The fourth-order valence-corrected chi connectivity index (χ4v) is 3.64. The molecule has 9 heteroatoms. The van der Waals surface area contributed by atoms with Crippen LogP contribution in [0.15, 0.2) is 41.3 Å². The van der Waals surface area contributed by atoms with Crippen molar-refractivity contribution in [1.29, 1.82) is 0 Å². The summed E-state index contributed by atoms with van der Waals surface area (Å²) in [6.45, 7) is 0.109. The van der Waals surface area contributed by atoms with E-state index in [0.717, 1.165) is 37.3 Å². The van der Waals surface area contributed by atoms with Crippen LogP contribution >= 0.6 is 0 Å². The first-order valence-corrected chi connectivity index (χ1v) is 9.75. The number of nitro groups is 1. The number of hydrogen-bond donors (Lipinski definition) is 0. The van der Waals surface area contributed by atoms with Crippen LogP contribution in [0.25, 0.3) is 0 Å². The lowest BCUT2D eigenvalue weighted by molar-refractivity contribution is -0.387. The van der Waals surface area contributed by atoms with Gasteiger partial charge in [0, 0.05) is 42.2 Å². The van der Waals surface area contributed by atoms with E-state index in [0.29, 0.717) is 5.69 Å². The molecule has 0 unspecified atom stereocenters. The average Bonchev–Trinajstić information content (AvgIpc) is 3.37. The Kier molecular flexibility index (Phi) is 4.66. The highest BCUT2D eigenvalue weighted by Gasteiger charge is 2.32. The number of rotatable bonds is 6. The molecule has 6 nitrogen and oxygen atoms in total. The second kappa shape index (κ2) is 6.64. The Hall–Kier alpha value is -2.55. The molecule has 2 aromatic carbocycles. The molecule has 0 spiro atoms. The Morgan fingerprint density at radius 1 is 1.19 bits per heavy atom. The number of sulfone groups is 1. The van der Waals surface area contributed by atoms with Crippen molar-refractivity contribution in [2.45, 2.75) is 30.3 Å². The van der Waals surface area contributed by atoms with Gasteiger partial charge < -0.3 is 4.90 Å². The molecule has 0 N–H and O–H groups in total. The molecule has 1 fully saturated rings. The summed E-state index contributed by atoms with van der Waals surface area (Å²) >= 11 is 0. The van der Waals surface area contributed by atoms with Crippen LogP contribution in [0.4, 0.5) is 20.2 Å². The van der Waals surface area contributed by atoms with Gasteiger partial charge in [0.2, 0.25) is 0 Å². The van der Waals surface area contributed by atoms with Crippen molar-refractivity contribution in [1.82, 2.24) is 0 Å². The van der Waals surface area contributed by atoms with Gasteiger partial charge in [-0.25, -0.2) is 17.2 Å². The van der Waals surface area contributed by atoms with Crippen molar-refractivity contribution in [2.24, 2.45) is 0 Å². The molecule has 0 bridgehead atoms. The van der Waals surface area contributed by atoms with Gasteiger partial charge in [-0.15, -0.1) is 0 Å². The van der Waals surface area contributed by atoms with Crippen molar-refractivity contribution in [2.75, 3.05) is 11.2 Å². The fraction of sp³-hybridized carbons (Fsp3) is 0.294. The van der Waals surface area contributed by atoms with Crippen molar-refractivity contribution in [3.05, 3.63) is 63.7 Å². The van der Waals surface area contributed by atoms with E-state index < -0.39 is 32.1 Å². The first-order valence-electron chi connectivity index (χ1n) is 7.86. The molecular weight excluding hydrogens is 366 g/mol. The highest BCUT2D eigenvalue weighted by molar-refractivity contribution is 7.90. The lowest BCUT2D eigenvalue weighted by atomic mass is 10.1. The second-order valence-electron chi connectivity index (χ2n) is 6.28. The molecule has 0 atom stereocenters. The first kappa shape index (κ1) is 18.2. The predicted molar refractivity (Wildman–Crippen MR) is 91.8 cm³/mol. The summed E-state index contributed by atoms with van der Waals surface area (Å²) in [4.78, 5) is 11.8. The number of nitro benzene ring substituents is 1. The third-order valence-electron chi connectivity index (χ3n) is 4.21. The Morgan fingerprint density at radius 2 is 1.88 bits per heavy atom. The van der Waals surface area contributed by atoms with Gasteiger partial charge in [-0.1, -0.05) is 6.07 Å². The van der Waals surface area contributed by atoms with Crippen LogP contribution in [0, 0.1) is 21.7 Å². The van der Waals surface area contributed by atoms with Crippen LogP contribution in [0.3, 0.4) is 0 Å². The molecule has 26 heavy (non-hydrogen) atoms. The molecule has 0 aromatic heterocycles. The van der Waals surface area contributed by atoms with Crippen molar-refractivity contribution < 1.29 is 22.1 Å². The summed E-state index contributed by atoms with van der Waals surface area (Å²) in [5.74, 6) is -1.38. The molecule has 3 rings (SSSR count). The highest BCUT2D eigenvalue weighted by Crippen LogP contribution is 2.36. The summed E-state index contributed by atoms with van der Waals surface area (Å²) < 4.78 is 51.0. The minimum absolute atomic E-state index is 0.0771. The number of hydrogen-bond acceptors (Lipinski definition) is 5. The molecule has 0 heterocycles. The summed E-state index contributed by atoms with van der Waals surface area (Å²) in [5.41, 5.74) is 0.208. The number of anilines is 1. The molecule has 138 valence electrons. The van der Waals surface area contributed by atoms with Crippen LogP contribution in [0.1, 0.15) is 18.4 Å². The molecule has 2 aromatic rings. The Labute approximate surface area is 149 Å². The van der Waals surface area contributed by atoms with Crippen LogP contribution in [0.2, 0.25) is 0 Å². The number of halogens is 2. The normalized spacial score (nSPS) is 14.3. The minimum atomic E-state index is -3.82. The Balaban J connectivity index is 2.02. The van der Waals surface area contributed by atoms with Crippen LogP contribution in [-0.2, 0) is 16.4 Å². The molecule has 0 saturated heterocycles. The van der Waals surface area contributed by atoms with E-state index >= 15 is 0 Å². The van der Waals surface area contributed by atoms with Gasteiger partial charge in [0.15, 0.2) is 9.84 Å². The zero-order chi connectivity index (χ0) is 19.1. The topological polar surface area (TPSA) is 80.5 Å². The van der Waals surface area contributed by atoms with Gasteiger partial charge in [0.05, 0.1) is 4.92 Å². The van der Waals surface area contributed by atoms with Gasteiger partial charge in [-0.05, 0) is 31.0 Å². The summed E-state index contributed by atoms with van der Waals surface area (Å²) in [5, 5.41) is 11.1. The monoisotopic (exact) mass is 382 g/mol. The minimum Gasteiger partial charge on any atom is -0.364 e. The maximum absolute atomic E-state index is 14.0. The lowest BCUT2D eigenvalue weighted by Crippen LogP contribution is -2.26. The maximum Gasteiger partial charge on any atom is 0.288 e. The van der Waals surface area contributed by atoms with Gasteiger partial charge in [-0.3, -0.25) is 10.1 Å². The van der Waals surface area contributed by atoms with Crippen LogP contribution in [-0.4, -0.2) is 25.6 Å². The number of nitrogens with zero attached hydrogens (tertiary/aromatic N) is 2. The fourth-order valence-electron chi connectivity index (χ4n) is 2.78. The average molecular weight is 382 g/mol. The van der Waals surface area contributed by atoms with E-state index in [9.17, 15) is 27.3 Å². The zero-order valence-corrected chi connectivity index (χ0v) is 14.7. The zero-order valence-electron chi connectivity index (χ0n) is 13.9. The SMILES string of the molecule is CS(=O)(=O)c1cc(N(Cc2ccc(F)cc2F)C2CC2)ccc1[N+](=O)[O-]. The van der Waals surface area contributed by atoms with E-state index in [-0.39, 0.29) is 23.0 Å². The van der Waals surface area contributed by atoms with Crippen LogP contribution in [0.5, 0.6) is 0 Å². The van der Waals surface area contributed by atoms with E-state index in [1.807, 2.05) is 0 Å². The Bertz CT molecular complexity index is 975. The highest BCUT2D eigenvalue weighted by atomic mass is 32.2. The van der Waals surface area contributed by atoms with Crippen LogP contribution < -0.4 is 4.90 Å². The smallest absolute Gasteiger partial charge is 0.288 e. The quantitative estimate of drug-likeness (QED) is 0.565. The molecule has 0 radical (unpaired) electrons. The maximum atomic E-state index is 14.0. The predicted octanol–water partition coefficient (Wildman–Crippen LogP) is 3.45. The summed E-state index contributed by atoms with van der Waals surface area (Å²) in [6.07, 6.45) is 2.59. The van der Waals surface area contributed by atoms with Gasteiger partial charge in [0.1, 0.15) is 16.5 Å². The van der Waals surface area contributed by atoms with Gasteiger partial charge in [0.25, 0.3) is 5.69 Å². The van der Waals surface area contributed by atoms with E-state index in [4.69, 9.17) is 0 Å². The lowest BCUT2D eigenvalue weighted by Gasteiger charge is -2.25. The van der Waals surface area contributed by atoms with Crippen molar-refractivity contribution in [3.8, 4) is 0 Å². The molecule has 1 aliphatic rings.